The first-order valence-electron chi connectivity index (χ1n) is 12.4. The van der Waals surface area contributed by atoms with E-state index in [4.69, 9.17) is 9.47 Å². The van der Waals surface area contributed by atoms with Crippen molar-refractivity contribution >= 4 is 33.9 Å². The number of phenols is 1. The van der Waals surface area contributed by atoms with Gasteiger partial charge in [0, 0.05) is 17.3 Å². The zero-order chi connectivity index (χ0) is 26.8. The normalized spacial score (nSPS) is 16.7. The van der Waals surface area contributed by atoms with Gasteiger partial charge in [-0.1, -0.05) is 48.5 Å². The number of fused-ring (bicyclic) bond motifs is 1. The number of benzene rings is 4. The van der Waals surface area contributed by atoms with Crippen molar-refractivity contribution in [2.24, 2.45) is 0 Å². The summed E-state index contributed by atoms with van der Waals surface area (Å²) in [4.78, 5) is 28.4. The number of aromatic hydroxyl groups is 1. The molecule has 1 heterocycles. The first-order chi connectivity index (χ1) is 18.4. The molecule has 1 atom stereocenters. The Hall–Kier alpha value is -4.78. The van der Waals surface area contributed by atoms with Gasteiger partial charge in [0.1, 0.15) is 11.5 Å². The van der Waals surface area contributed by atoms with Crippen molar-refractivity contribution in [1.29, 1.82) is 0 Å². The summed E-state index contributed by atoms with van der Waals surface area (Å²) in [6, 6.07) is 23.6. The first kappa shape index (κ1) is 24.9. The molecule has 5 rings (SSSR count). The van der Waals surface area contributed by atoms with Gasteiger partial charge in [0.05, 0.1) is 24.8 Å². The minimum atomic E-state index is -0.974. The summed E-state index contributed by atoms with van der Waals surface area (Å²) < 4.78 is 11.2. The van der Waals surface area contributed by atoms with Crippen LogP contribution in [0.3, 0.4) is 0 Å². The van der Waals surface area contributed by atoms with Gasteiger partial charge >= 0.3 is 0 Å². The van der Waals surface area contributed by atoms with E-state index in [1.165, 1.54) is 11.0 Å². The van der Waals surface area contributed by atoms with Gasteiger partial charge in [0.15, 0.2) is 11.5 Å². The smallest absolute Gasteiger partial charge is 0.300 e. The molecule has 1 unspecified atom stereocenters. The highest BCUT2D eigenvalue weighted by molar-refractivity contribution is 6.51. The molecule has 4 aromatic carbocycles. The van der Waals surface area contributed by atoms with Gasteiger partial charge in [-0.25, -0.2) is 0 Å². The lowest BCUT2D eigenvalue weighted by molar-refractivity contribution is -0.132. The standard InChI is InChI=1S/C31H27NO6/c1-3-37-24-11-7-10-23(18-24)32-28(21-14-15-25(33)26(17-21)38-4-2)27(30(35)31(32)36)29(34)22-13-12-19-8-5-6-9-20(19)16-22/h5-18,28,33-34H,3-4H2,1-2H3/b29-27+. The SMILES string of the molecule is CCOc1cccc(N2C(=O)C(=O)/C(=C(/O)c3ccc4ccccc4c3)C2c2ccc(O)c(OCC)c2)c1. The maximum absolute atomic E-state index is 13.5. The summed E-state index contributed by atoms with van der Waals surface area (Å²) in [6.45, 7) is 4.39. The minimum absolute atomic E-state index is 0.0553. The number of carbonyl (C=O) groups is 2. The molecular formula is C31H27NO6. The fourth-order valence-electron chi connectivity index (χ4n) is 4.77. The van der Waals surface area contributed by atoms with Crippen LogP contribution in [0.15, 0.2) is 90.5 Å². The van der Waals surface area contributed by atoms with E-state index in [1.807, 2.05) is 37.3 Å². The third-order valence-electron chi connectivity index (χ3n) is 6.47. The van der Waals surface area contributed by atoms with Crippen molar-refractivity contribution < 1.29 is 29.3 Å². The zero-order valence-electron chi connectivity index (χ0n) is 21.0. The molecule has 4 aromatic rings. The predicted molar refractivity (Wildman–Crippen MR) is 146 cm³/mol. The van der Waals surface area contributed by atoms with Crippen LogP contribution in [0.1, 0.15) is 31.0 Å². The van der Waals surface area contributed by atoms with Gasteiger partial charge in [0.25, 0.3) is 11.7 Å². The Morgan fingerprint density at radius 3 is 2.37 bits per heavy atom. The van der Waals surface area contributed by atoms with Crippen molar-refractivity contribution in [3.8, 4) is 17.2 Å². The van der Waals surface area contributed by atoms with Crippen molar-refractivity contribution in [2.75, 3.05) is 18.1 Å². The number of nitrogens with zero attached hydrogens (tertiary/aromatic N) is 1. The molecule has 1 aliphatic rings. The molecule has 0 radical (unpaired) electrons. The molecule has 0 saturated carbocycles. The van der Waals surface area contributed by atoms with Crippen molar-refractivity contribution in [1.82, 2.24) is 0 Å². The van der Waals surface area contributed by atoms with E-state index in [2.05, 4.69) is 0 Å². The zero-order valence-corrected chi connectivity index (χ0v) is 21.0. The minimum Gasteiger partial charge on any atom is -0.507 e. The van der Waals surface area contributed by atoms with Crippen molar-refractivity contribution in [3.05, 3.63) is 102 Å². The van der Waals surface area contributed by atoms with E-state index in [-0.39, 0.29) is 22.8 Å². The highest BCUT2D eigenvalue weighted by atomic mass is 16.5. The number of Topliss-reactive ketones (excluding diaryl/α,β-unsaturated/α-hetero) is 1. The number of carbonyl (C=O) groups excluding carboxylic acids is 2. The van der Waals surface area contributed by atoms with Crippen LogP contribution >= 0.6 is 0 Å². The van der Waals surface area contributed by atoms with Gasteiger partial charge in [-0.05, 0) is 60.5 Å². The third-order valence-corrected chi connectivity index (χ3v) is 6.47. The van der Waals surface area contributed by atoms with Crippen LogP contribution in [0.25, 0.3) is 16.5 Å². The van der Waals surface area contributed by atoms with Crippen LogP contribution in [-0.2, 0) is 9.59 Å². The number of ether oxygens (including phenoxy) is 2. The lowest BCUT2D eigenvalue weighted by Gasteiger charge is -2.26. The monoisotopic (exact) mass is 509 g/mol. The van der Waals surface area contributed by atoms with Crippen LogP contribution in [0.2, 0.25) is 0 Å². The fraction of sp³-hybridized carbons (Fsp3) is 0.161. The molecule has 0 spiro atoms. The van der Waals surface area contributed by atoms with E-state index in [9.17, 15) is 19.8 Å². The Morgan fingerprint density at radius 2 is 1.61 bits per heavy atom. The van der Waals surface area contributed by atoms with Gasteiger partial charge in [0.2, 0.25) is 0 Å². The van der Waals surface area contributed by atoms with Crippen LogP contribution in [0.4, 0.5) is 5.69 Å². The molecule has 2 N–H and O–H groups in total. The molecule has 7 heteroatoms. The summed E-state index contributed by atoms with van der Waals surface area (Å²) in [5.41, 5.74) is 1.29. The summed E-state index contributed by atoms with van der Waals surface area (Å²) in [7, 11) is 0. The van der Waals surface area contributed by atoms with Crippen molar-refractivity contribution in [3.63, 3.8) is 0 Å². The number of anilines is 1. The summed E-state index contributed by atoms with van der Waals surface area (Å²) in [5, 5.41) is 23.7. The van der Waals surface area contributed by atoms with Crippen LogP contribution in [0.5, 0.6) is 17.2 Å². The molecule has 0 bridgehead atoms. The summed E-state index contributed by atoms with van der Waals surface area (Å²) in [6.07, 6.45) is 0. The third kappa shape index (κ3) is 4.43. The predicted octanol–water partition coefficient (Wildman–Crippen LogP) is 5.97. The molecular weight excluding hydrogens is 482 g/mol. The Balaban J connectivity index is 1.73. The molecule has 1 amide bonds. The van der Waals surface area contributed by atoms with Crippen LogP contribution in [0, 0.1) is 0 Å². The topological polar surface area (TPSA) is 96.3 Å². The number of aliphatic hydroxyl groups excluding tert-OH is 1. The number of phenolic OH excluding ortho intramolecular Hbond substituents is 1. The molecule has 1 saturated heterocycles. The second kappa shape index (κ2) is 10.3. The largest absolute Gasteiger partial charge is 0.507 e. The maximum Gasteiger partial charge on any atom is 0.300 e. The highest BCUT2D eigenvalue weighted by Crippen LogP contribution is 2.44. The van der Waals surface area contributed by atoms with Gasteiger partial charge in [-0.15, -0.1) is 0 Å². The van der Waals surface area contributed by atoms with Crippen LogP contribution in [-0.4, -0.2) is 35.1 Å². The number of rotatable bonds is 7. The number of aliphatic hydroxyl groups is 1. The molecule has 1 fully saturated rings. The summed E-state index contributed by atoms with van der Waals surface area (Å²) >= 11 is 0. The fourth-order valence-corrected chi connectivity index (χ4v) is 4.77. The second-order valence-corrected chi connectivity index (χ2v) is 8.82. The van der Waals surface area contributed by atoms with Crippen molar-refractivity contribution in [2.45, 2.75) is 19.9 Å². The molecule has 0 aliphatic carbocycles. The number of hydrogen-bond donors (Lipinski definition) is 2. The number of hydrogen-bond acceptors (Lipinski definition) is 6. The Bertz CT molecular complexity index is 1570. The van der Waals surface area contributed by atoms with Crippen LogP contribution < -0.4 is 14.4 Å². The average molecular weight is 510 g/mol. The Labute approximate surface area is 220 Å². The number of amides is 1. The molecule has 192 valence electrons. The quantitative estimate of drug-likeness (QED) is 0.181. The average Bonchev–Trinajstić information content (AvgIpc) is 3.19. The molecule has 7 nitrogen and oxygen atoms in total. The molecule has 38 heavy (non-hydrogen) atoms. The first-order valence-corrected chi connectivity index (χ1v) is 12.4. The van der Waals surface area contributed by atoms with E-state index in [1.54, 1.807) is 55.5 Å². The van der Waals surface area contributed by atoms with E-state index >= 15 is 0 Å². The Morgan fingerprint density at radius 1 is 0.842 bits per heavy atom. The summed E-state index contributed by atoms with van der Waals surface area (Å²) in [5.74, 6) is -1.19. The van der Waals surface area contributed by atoms with Gasteiger partial charge in [-0.3, -0.25) is 14.5 Å². The lowest BCUT2D eigenvalue weighted by Crippen LogP contribution is -2.29. The lowest BCUT2D eigenvalue weighted by atomic mass is 9.94. The Kier molecular flexibility index (Phi) is 6.75. The van der Waals surface area contributed by atoms with E-state index < -0.39 is 17.7 Å². The van der Waals surface area contributed by atoms with Gasteiger partial charge < -0.3 is 19.7 Å². The second-order valence-electron chi connectivity index (χ2n) is 8.82. The highest BCUT2D eigenvalue weighted by Gasteiger charge is 2.47. The molecule has 1 aliphatic heterocycles. The van der Waals surface area contributed by atoms with E-state index in [0.717, 1.165) is 10.8 Å². The van der Waals surface area contributed by atoms with E-state index in [0.29, 0.717) is 35.8 Å². The van der Waals surface area contributed by atoms with Gasteiger partial charge in [-0.2, -0.15) is 0 Å². The number of ketones is 1. The maximum atomic E-state index is 13.5. The molecule has 0 aromatic heterocycles.